The Kier molecular flexibility index (Phi) is 6.15. The van der Waals surface area contributed by atoms with Gasteiger partial charge in [0.1, 0.15) is 0 Å². The normalized spacial score (nSPS) is 11.9. The first-order chi connectivity index (χ1) is 10.2. The average Bonchev–Trinajstić information content (AvgIpc) is 2.52. The summed E-state index contributed by atoms with van der Waals surface area (Å²) in [6, 6.07) is 17.7. The van der Waals surface area contributed by atoms with Crippen molar-refractivity contribution in [3.8, 4) is 0 Å². The summed E-state index contributed by atoms with van der Waals surface area (Å²) in [4.78, 5) is 11.9. The van der Waals surface area contributed by atoms with Crippen LogP contribution in [0.3, 0.4) is 0 Å². The van der Waals surface area contributed by atoms with Gasteiger partial charge in [0.25, 0.3) is 0 Å². The van der Waals surface area contributed by atoms with Crippen LogP contribution in [0.2, 0.25) is 5.02 Å². The molecule has 0 radical (unpaired) electrons. The van der Waals surface area contributed by atoms with Crippen molar-refractivity contribution >= 4 is 29.3 Å². The fourth-order valence-corrected chi connectivity index (χ4v) is 2.96. The highest BCUT2D eigenvalue weighted by molar-refractivity contribution is 8.00. The van der Waals surface area contributed by atoms with Gasteiger partial charge < -0.3 is 5.32 Å². The standard InChI is InChI=1S/C17H18ClNOS/c1-13(14-7-3-2-4-8-14)21-12-17(20)19-11-15-9-5-6-10-16(15)18/h2-10,13H,11-12H2,1H3,(H,19,20)/t13-/m1/s1. The molecule has 0 spiro atoms. The Balaban J connectivity index is 1.76. The van der Waals surface area contributed by atoms with Crippen molar-refractivity contribution in [3.05, 3.63) is 70.7 Å². The number of benzene rings is 2. The zero-order chi connectivity index (χ0) is 15.1. The molecule has 2 aromatic carbocycles. The third-order valence-corrected chi connectivity index (χ3v) is 4.74. The minimum atomic E-state index is 0.0303. The summed E-state index contributed by atoms with van der Waals surface area (Å²) >= 11 is 7.69. The Hall–Kier alpha value is -1.45. The molecular weight excluding hydrogens is 302 g/mol. The van der Waals surface area contributed by atoms with Gasteiger partial charge in [-0.25, -0.2) is 0 Å². The molecule has 2 rings (SSSR count). The second kappa shape index (κ2) is 8.11. The molecule has 2 nitrogen and oxygen atoms in total. The Morgan fingerprint density at radius 2 is 1.81 bits per heavy atom. The molecular formula is C17H18ClNOS. The van der Waals surface area contributed by atoms with Crippen LogP contribution in [0.1, 0.15) is 23.3 Å². The lowest BCUT2D eigenvalue weighted by Gasteiger charge is -2.12. The molecule has 0 heterocycles. The van der Waals surface area contributed by atoms with Gasteiger partial charge in [-0.2, -0.15) is 0 Å². The van der Waals surface area contributed by atoms with Crippen LogP contribution in [0.25, 0.3) is 0 Å². The highest BCUT2D eigenvalue weighted by Gasteiger charge is 2.09. The molecule has 0 unspecified atom stereocenters. The van der Waals surface area contributed by atoms with Gasteiger partial charge in [-0.15, -0.1) is 11.8 Å². The second-order valence-corrected chi connectivity index (χ2v) is 6.47. The van der Waals surface area contributed by atoms with Crippen molar-refractivity contribution in [2.24, 2.45) is 0 Å². The number of hydrogen-bond donors (Lipinski definition) is 1. The molecule has 0 saturated carbocycles. The number of nitrogens with one attached hydrogen (secondary N) is 1. The van der Waals surface area contributed by atoms with Gasteiger partial charge in [0.2, 0.25) is 5.91 Å². The minimum Gasteiger partial charge on any atom is -0.351 e. The summed E-state index contributed by atoms with van der Waals surface area (Å²) in [6.07, 6.45) is 0. The van der Waals surface area contributed by atoms with Crippen molar-refractivity contribution < 1.29 is 4.79 Å². The Labute approximate surface area is 134 Å². The van der Waals surface area contributed by atoms with Crippen LogP contribution < -0.4 is 5.32 Å². The Morgan fingerprint density at radius 1 is 1.14 bits per heavy atom. The van der Waals surface area contributed by atoms with E-state index in [1.54, 1.807) is 11.8 Å². The number of hydrogen-bond acceptors (Lipinski definition) is 2. The van der Waals surface area contributed by atoms with Gasteiger partial charge in [-0.1, -0.05) is 60.1 Å². The third-order valence-electron chi connectivity index (χ3n) is 3.17. The highest BCUT2D eigenvalue weighted by atomic mass is 35.5. The maximum Gasteiger partial charge on any atom is 0.230 e. The van der Waals surface area contributed by atoms with Gasteiger partial charge in [0.15, 0.2) is 0 Å². The molecule has 0 aliphatic rings. The third kappa shape index (κ3) is 5.10. The van der Waals surface area contributed by atoms with Crippen LogP contribution >= 0.6 is 23.4 Å². The maximum absolute atomic E-state index is 11.9. The van der Waals surface area contributed by atoms with E-state index in [-0.39, 0.29) is 5.91 Å². The summed E-state index contributed by atoms with van der Waals surface area (Å²) in [6.45, 7) is 2.58. The van der Waals surface area contributed by atoms with E-state index in [4.69, 9.17) is 11.6 Å². The molecule has 110 valence electrons. The summed E-state index contributed by atoms with van der Waals surface area (Å²) in [7, 11) is 0. The minimum absolute atomic E-state index is 0.0303. The van der Waals surface area contributed by atoms with Crippen molar-refractivity contribution in [1.29, 1.82) is 0 Å². The lowest BCUT2D eigenvalue weighted by molar-refractivity contribution is -0.118. The maximum atomic E-state index is 11.9. The summed E-state index contributed by atoms with van der Waals surface area (Å²) in [5.74, 6) is 0.475. The van der Waals surface area contributed by atoms with E-state index in [1.807, 2.05) is 42.5 Å². The molecule has 0 aromatic heterocycles. The van der Waals surface area contributed by atoms with Crippen molar-refractivity contribution in [3.63, 3.8) is 0 Å². The molecule has 2 aromatic rings. The fraction of sp³-hybridized carbons (Fsp3) is 0.235. The van der Waals surface area contributed by atoms with Crippen molar-refractivity contribution in [1.82, 2.24) is 5.32 Å². The van der Waals surface area contributed by atoms with Gasteiger partial charge in [-0.3, -0.25) is 4.79 Å². The zero-order valence-electron chi connectivity index (χ0n) is 11.9. The molecule has 0 aliphatic carbocycles. The van der Waals surface area contributed by atoms with E-state index in [2.05, 4.69) is 24.4 Å². The smallest absolute Gasteiger partial charge is 0.230 e. The Bertz CT molecular complexity index is 588. The van der Waals surface area contributed by atoms with Crippen LogP contribution in [0.15, 0.2) is 54.6 Å². The largest absolute Gasteiger partial charge is 0.351 e. The monoisotopic (exact) mass is 319 g/mol. The van der Waals surface area contributed by atoms with Gasteiger partial charge in [0.05, 0.1) is 5.75 Å². The first kappa shape index (κ1) is 15.9. The molecule has 1 atom stereocenters. The predicted molar refractivity (Wildman–Crippen MR) is 90.6 cm³/mol. The molecule has 21 heavy (non-hydrogen) atoms. The SMILES string of the molecule is C[C@@H](SCC(=O)NCc1ccccc1Cl)c1ccccc1. The lowest BCUT2D eigenvalue weighted by atomic mass is 10.2. The van der Waals surface area contributed by atoms with Crippen LogP contribution in [0, 0.1) is 0 Å². The topological polar surface area (TPSA) is 29.1 Å². The van der Waals surface area contributed by atoms with Crippen LogP contribution in [0.4, 0.5) is 0 Å². The van der Waals surface area contributed by atoms with Crippen molar-refractivity contribution in [2.75, 3.05) is 5.75 Å². The Morgan fingerprint density at radius 3 is 2.52 bits per heavy atom. The molecule has 4 heteroatoms. The van der Waals surface area contributed by atoms with Crippen LogP contribution in [-0.4, -0.2) is 11.7 Å². The van der Waals surface area contributed by atoms with E-state index >= 15 is 0 Å². The molecule has 1 amide bonds. The number of thioether (sulfide) groups is 1. The van der Waals surface area contributed by atoms with Gasteiger partial charge in [0, 0.05) is 16.8 Å². The second-order valence-electron chi connectivity index (χ2n) is 4.73. The quantitative estimate of drug-likeness (QED) is 0.852. The summed E-state index contributed by atoms with van der Waals surface area (Å²) in [5.41, 5.74) is 2.18. The van der Waals surface area contributed by atoms with E-state index in [0.717, 1.165) is 5.56 Å². The first-order valence-corrected chi connectivity index (χ1v) is 8.26. The van der Waals surface area contributed by atoms with Gasteiger partial charge >= 0.3 is 0 Å². The molecule has 0 aliphatic heterocycles. The number of halogens is 1. The molecule has 0 saturated heterocycles. The molecule has 0 bridgehead atoms. The van der Waals surface area contributed by atoms with E-state index < -0.39 is 0 Å². The fourth-order valence-electron chi connectivity index (χ4n) is 1.91. The van der Waals surface area contributed by atoms with E-state index in [0.29, 0.717) is 22.6 Å². The first-order valence-electron chi connectivity index (χ1n) is 6.83. The van der Waals surface area contributed by atoms with E-state index in [1.165, 1.54) is 5.56 Å². The highest BCUT2D eigenvalue weighted by Crippen LogP contribution is 2.27. The number of carbonyl (C=O) groups excluding carboxylic acids is 1. The summed E-state index contributed by atoms with van der Waals surface area (Å²) in [5, 5.41) is 3.89. The number of amides is 1. The zero-order valence-corrected chi connectivity index (χ0v) is 13.5. The van der Waals surface area contributed by atoms with Gasteiger partial charge in [-0.05, 0) is 24.1 Å². The van der Waals surface area contributed by atoms with Crippen molar-refractivity contribution in [2.45, 2.75) is 18.7 Å². The molecule has 0 fully saturated rings. The number of rotatable bonds is 6. The van der Waals surface area contributed by atoms with Crippen LogP contribution in [0.5, 0.6) is 0 Å². The van der Waals surface area contributed by atoms with E-state index in [9.17, 15) is 4.79 Å². The average molecular weight is 320 g/mol. The van der Waals surface area contributed by atoms with Crippen LogP contribution in [-0.2, 0) is 11.3 Å². The predicted octanol–water partition coefficient (Wildman–Crippen LogP) is 4.45. The molecule has 1 N–H and O–H groups in total. The number of carbonyl (C=O) groups is 1. The summed E-state index contributed by atoms with van der Waals surface area (Å²) < 4.78 is 0. The lowest BCUT2D eigenvalue weighted by Crippen LogP contribution is -2.25.